The van der Waals surface area contributed by atoms with Gasteiger partial charge in [0.25, 0.3) is 5.91 Å². The van der Waals surface area contributed by atoms with E-state index < -0.39 is 5.66 Å². The van der Waals surface area contributed by atoms with Crippen molar-refractivity contribution >= 4 is 29.0 Å². The number of carbonyl (C=O) groups is 2. The summed E-state index contributed by atoms with van der Waals surface area (Å²) in [5.41, 5.74) is 1.44. The van der Waals surface area contributed by atoms with Gasteiger partial charge in [-0.15, -0.1) is 11.3 Å². The molecule has 130 valence electrons. The molecule has 1 fully saturated rings. The number of hydrogen-bond acceptors (Lipinski definition) is 5. The van der Waals surface area contributed by atoms with Crippen LogP contribution in [0.4, 0.5) is 10.5 Å². The lowest BCUT2D eigenvalue weighted by Gasteiger charge is -2.45. The average Bonchev–Trinajstić information content (AvgIpc) is 3.07. The predicted octanol–water partition coefficient (Wildman–Crippen LogP) is 2.10. The molecule has 0 atom stereocenters. The third-order valence-corrected chi connectivity index (χ3v) is 5.93. The molecular formula is C17H19N5O2S. The Morgan fingerprint density at radius 1 is 1.28 bits per heavy atom. The standard InChI is InChI=1S/C17H19N5O2S/c1-18-16(24)22-8-4-17(5-9-22)20-12-10-13(11-2-6-19-7-3-11)25-14(12)15(23)21-17/h2-3,6-7,10,20H,4-5,8-9H2,1H3,(H,18,24)(H,21,23). The van der Waals surface area contributed by atoms with Crippen molar-refractivity contribution in [3.05, 3.63) is 35.5 Å². The number of nitrogens with one attached hydrogen (secondary N) is 3. The Labute approximate surface area is 149 Å². The summed E-state index contributed by atoms with van der Waals surface area (Å²) >= 11 is 1.48. The first-order valence-corrected chi connectivity index (χ1v) is 9.03. The lowest BCUT2D eigenvalue weighted by Crippen LogP contribution is -2.63. The maximum atomic E-state index is 12.6. The maximum Gasteiger partial charge on any atom is 0.317 e. The van der Waals surface area contributed by atoms with Crippen LogP contribution in [0.3, 0.4) is 0 Å². The van der Waals surface area contributed by atoms with Crippen LogP contribution < -0.4 is 16.0 Å². The van der Waals surface area contributed by atoms with Crippen LogP contribution in [-0.4, -0.2) is 47.6 Å². The Morgan fingerprint density at radius 3 is 2.68 bits per heavy atom. The zero-order chi connectivity index (χ0) is 17.4. The number of anilines is 1. The van der Waals surface area contributed by atoms with E-state index in [1.807, 2.05) is 18.2 Å². The second-order valence-corrected chi connectivity index (χ2v) is 7.34. The molecule has 3 N–H and O–H groups in total. The Balaban J connectivity index is 1.57. The largest absolute Gasteiger partial charge is 0.361 e. The van der Waals surface area contributed by atoms with Crippen LogP contribution in [0, 0.1) is 0 Å². The fraction of sp³-hybridized carbons (Fsp3) is 0.353. The molecule has 1 spiro atoms. The molecule has 0 bridgehead atoms. The third-order valence-electron chi connectivity index (χ3n) is 4.75. The van der Waals surface area contributed by atoms with Gasteiger partial charge in [0.05, 0.1) is 5.69 Å². The number of hydrogen-bond donors (Lipinski definition) is 3. The molecular weight excluding hydrogens is 338 g/mol. The Kier molecular flexibility index (Phi) is 3.84. The topological polar surface area (TPSA) is 86.4 Å². The minimum absolute atomic E-state index is 0.0487. The highest BCUT2D eigenvalue weighted by molar-refractivity contribution is 7.18. The average molecular weight is 357 g/mol. The van der Waals surface area contributed by atoms with Gasteiger partial charge in [0.15, 0.2) is 0 Å². The lowest BCUT2D eigenvalue weighted by atomic mass is 9.94. The molecule has 4 heterocycles. The molecule has 2 aliphatic rings. The van der Waals surface area contributed by atoms with Crippen LogP contribution >= 0.6 is 11.3 Å². The molecule has 0 saturated carbocycles. The van der Waals surface area contributed by atoms with Gasteiger partial charge in [-0.2, -0.15) is 0 Å². The van der Waals surface area contributed by atoms with E-state index in [0.717, 1.165) is 16.1 Å². The third kappa shape index (κ3) is 2.82. The van der Waals surface area contributed by atoms with Gasteiger partial charge < -0.3 is 20.9 Å². The highest BCUT2D eigenvalue weighted by Gasteiger charge is 2.41. The fourth-order valence-electron chi connectivity index (χ4n) is 3.37. The van der Waals surface area contributed by atoms with Crippen molar-refractivity contribution in [1.29, 1.82) is 0 Å². The number of thiophene rings is 1. The van der Waals surface area contributed by atoms with E-state index in [-0.39, 0.29) is 11.9 Å². The van der Waals surface area contributed by atoms with Crippen LogP contribution in [-0.2, 0) is 0 Å². The number of piperidine rings is 1. The van der Waals surface area contributed by atoms with E-state index in [1.54, 1.807) is 24.3 Å². The van der Waals surface area contributed by atoms with Crippen LogP contribution in [0.25, 0.3) is 10.4 Å². The molecule has 4 rings (SSSR count). The lowest BCUT2D eigenvalue weighted by molar-refractivity contribution is 0.0853. The number of nitrogens with zero attached hydrogens (tertiary/aromatic N) is 2. The van der Waals surface area contributed by atoms with Gasteiger partial charge in [0.1, 0.15) is 10.5 Å². The summed E-state index contributed by atoms with van der Waals surface area (Å²) in [5, 5.41) is 9.28. The molecule has 0 aromatic carbocycles. The van der Waals surface area contributed by atoms with E-state index in [2.05, 4.69) is 20.9 Å². The first kappa shape index (κ1) is 15.9. The summed E-state index contributed by atoms with van der Waals surface area (Å²) in [5.74, 6) is -0.0487. The number of carbonyl (C=O) groups excluding carboxylic acids is 2. The van der Waals surface area contributed by atoms with Crippen molar-refractivity contribution in [3.8, 4) is 10.4 Å². The monoisotopic (exact) mass is 357 g/mol. The minimum atomic E-state index is -0.481. The van der Waals surface area contributed by atoms with E-state index in [4.69, 9.17) is 0 Å². The molecule has 1 saturated heterocycles. The van der Waals surface area contributed by atoms with Gasteiger partial charge in [-0.25, -0.2) is 4.79 Å². The van der Waals surface area contributed by atoms with Crippen molar-refractivity contribution in [2.75, 3.05) is 25.5 Å². The molecule has 0 aliphatic carbocycles. The highest BCUT2D eigenvalue weighted by Crippen LogP contribution is 2.40. The summed E-state index contributed by atoms with van der Waals surface area (Å²) in [4.78, 5) is 31.9. The van der Waals surface area contributed by atoms with Crippen molar-refractivity contribution in [3.63, 3.8) is 0 Å². The number of amides is 3. The van der Waals surface area contributed by atoms with Crippen molar-refractivity contribution in [2.24, 2.45) is 0 Å². The minimum Gasteiger partial charge on any atom is -0.361 e. The molecule has 2 aromatic rings. The molecule has 25 heavy (non-hydrogen) atoms. The first-order chi connectivity index (χ1) is 12.1. The van der Waals surface area contributed by atoms with Crippen LogP contribution in [0.1, 0.15) is 22.5 Å². The van der Waals surface area contributed by atoms with Crippen LogP contribution in [0.2, 0.25) is 0 Å². The molecule has 7 nitrogen and oxygen atoms in total. The molecule has 0 unspecified atom stereocenters. The second kappa shape index (κ2) is 6.03. The number of fused-ring (bicyclic) bond motifs is 1. The molecule has 2 aromatic heterocycles. The van der Waals surface area contributed by atoms with E-state index in [0.29, 0.717) is 30.8 Å². The van der Waals surface area contributed by atoms with Gasteiger partial charge in [-0.05, 0) is 23.8 Å². The first-order valence-electron chi connectivity index (χ1n) is 8.22. The van der Waals surface area contributed by atoms with Gasteiger partial charge >= 0.3 is 6.03 Å². The van der Waals surface area contributed by atoms with Crippen molar-refractivity contribution < 1.29 is 9.59 Å². The van der Waals surface area contributed by atoms with Crippen molar-refractivity contribution in [1.82, 2.24) is 20.5 Å². The fourth-order valence-corrected chi connectivity index (χ4v) is 4.39. The highest BCUT2D eigenvalue weighted by atomic mass is 32.1. The zero-order valence-corrected chi connectivity index (χ0v) is 14.7. The summed E-state index contributed by atoms with van der Waals surface area (Å²) in [6.45, 7) is 1.20. The van der Waals surface area contributed by atoms with Gasteiger partial charge in [-0.3, -0.25) is 9.78 Å². The summed E-state index contributed by atoms with van der Waals surface area (Å²) < 4.78 is 0. The Morgan fingerprint density at radius 2 is 2.00 bits per heavy atom. The van der Waals surface area contributed by atoms with Gasteiger partial charge in [0.2, 0.25) is 0 Å². The van der Waals surface area contributed by atoms with Crippen LogP contribution in [0.5, 0.6) is 0 Å². The zero-order valence-electron chi connectivity index (χ0n) is 13.8. The van der Waals surface area contributed by atoms with E-state index >= 15 is 0 Å². The number of aromatic nitrogens is 1. The quantitative estimate of drug-likeness (QED) is 0.729. The molecule has 0 radical (unpaired) electrons. The molecule has 3 amide bonds. The van der Waals surface area contributed by atoms with E-state index in [9.17, 15) is 9.59 Å². The Hall–Kier alpha value is -2.61. The molecule has 2 aliphatic heterocycles. The molecule has 8 heteroatoms. The SMILES string of the molecule is CNC(=O)N1CCC2(CC1)NC(=O)c1sc(-c3ccncc3)cc1N2. The predicted molar refractivity (Wildman–Crippen MR) is 96.6 cm³/mol. The van der Waals surface area contributed by atoms with Gasteiger partial charge in [0, 0.05) is 50.2 Å². The van der Waals surface area contributed by atoms with Crippen LogP contribution in [0.15, 0.2) is 30.6 Å². The number of likely N-dealkylation sites (tertiary alicyclic amines) is 1. The summed E-state index contributed by atoms with van der Waals surface area (Å²) in [6, 6.07) is 5.83. The Bertz CT molecular complexity index is 812. The maximum absolute atomic E-state index is 12.6. The summed E-state index contributed by atoms with van der Waals surface area (Å²) in [6.07, 6.45) is 4.84. The smallest absolute Gasteiger partial charge is 0.317 e. The van der Waals surface area contributed by atoms with Gasteiger partial charge in [-0.1, -0.05) is 0 Å². The summed E-state index contributed by atoms with van der Waals surface area (Å²) in [7, 11) is 1.63. The van der Waals surface area contributed by atoms with E-state index in [1.165, 1.54) is 11.3 Å². The number of pyridine rings is 1. The van der Waals surface area contributed by atoms with Crippen molar-refractivity contribution in [2.45, 2.75) is 18.5 Å². The normalized spacial score (nSPS) is 18.3. The number of rotatable bonds is 1. The second-order valence-electron chi connectivity index (χ2n) is 6.29. The number of urea groups is 1.